The molecule has 0 aromatic rings. The van der Waals surface area contributed by atoms with Gasteiger partial charge in [0.1, 0.15) is 24.4 Å². The molecule has 1 fully saturated rings. The van der Waals surface area contributed by atoms with Crippen molar-refractivity contribution in [3.05, 3.63) is 122 Å². The fraction of sp³-hybridized carbons (Fsp3) is 0.682. The lowest BCUT2D eigenvalue weighted by molar-refractivity contribution is -0.302. The number of rotatable bonds is 50. The van der Waals surface area contributed by atoms with Gasteiger partial charge in [0.25, 0.3) is 0 Å². The van der Waals surface area contributed by atoms with Crippen molar-refractivity contribution < 1.29 is 39.8 Å². The number of unbranched alkanes of at least 4 members (excludes halogenated alkanes) is 22. The number of hydrogen-bond donors (Lipinski definition) is 6. The predicted octanol–water partition coefficient (Wildman–Crippen LogP) is 15.5. The smallest absolute Gasteiger partial charge is 0.220 e. The zero-order chi connectivity index (χ0) is 54.3. The van der Waals surface area contributed by atoms with Crippen LogP contribution in [0, 0.1) is 0 Å². The molecule has 0 saturated carbocycles. The van der Waals surface area contributed by atoms with Gasteiger partial charge in [-0.05, 0) is 96.3 Å². The molecule has 0 radical (unpaired) electrons. The van der Waals surface area contributed by atoms with Gasteiger partial charge in [0.15, 0.2) is 6.29 Å². The molecule has 1 rings (SSSR count). The highest BCUT2D eigenvalue weighted by molar-refractivity contribution is 5.76. The highest BCUT2D eigenvalue weighted by Gasteiger charge is 2.44. The number of amides is 1. The fourth-order valence-corrected chi connectivity index (χ4v) is 8.78. The molecule has 428 valence electrons. The van der Waals surface area contributed by atoms with Crippen LogP contribution in [0.5, 0.6) is 0 Å². The normalized spacial score (nSPS) is 19.8. The number of carbonyl (C=O) groups excluding carboxylic acids is 1. The summed E-state index contributed by atoms with van der Waals surface area (Å²) in [5, 5.41) is 54.5. The summed E-state index contributed by atoms with van der Waals surface area (Å²) in [4.78, 5) is 13.1. The SMILES string of the molecule is CC/C=C\C/C=C\C/C=C\C/C=C\C/C=C\C/C=C\C/C=C\C/C=C\CCCCCCC(=O)NC(COC1OC(CO)C(O)C(O)C1O)C(O)/C=C/CC/C=C/CCCCCCCCCCCCCCCCCCC. The van der Waals surface area contributed by atoms with Crippen LogP contribution in [0.2, 0.25) is 0 Å². The van der Waals surface area contributed by atoms with Crippen molar-refractivity contribution in [1.82, 2.24) is 5.32 Å². The molecular formula is C66H111NO8. The number of aliphatic hydroxyl groups is 5. The van der Waals surface area contributed by atoms with Crippen molar-refractivity contribution in [1.29, 1.82) is 0 Å². The minimum absolute atomic E-state index is 0.215. The average molecular weight is 1050 g/mol. The van der Waals surface area contributed by atoms with Crippen LogP contribution >= 0.6 is 0 Å². The zero-order valence-corrected chi connectivity index (χ0v) is 47.5. The van der Waals surface area contributed by atoms with Gasteiger partial charge in [-0.1, -0.05) is 251 Å². The standard InChI is InChI=1S/C66H111NO8/c1-3-5-7-9-11-13-15-17-19-21-23-25-27-28-29-30-31-32-34-36-38-40-42-44-46-48-50-52-54-56-62(70)67-59(58-74-66-65(73)64(72)63(71)61(57-68)75-66)60(69)55-53-51-49-47-45-43-41-39-37-35-33-26-24-22-20-18-16-14-12-10-8-6-4-2/h5,7,11,13,17,19,23,25,28-29,31-32,36,38,42,44-45,47,53,55,59-61,63-66,68-69,71-73H,3-4,6,8-10,12,14-16,18,20-22,24,26-27,30,33-35,37,39-41,43,46,48-52,54,56-58H2,1-2H3,(H,67,70)/b7-5-,13-11-,19-17-,25-23-,29-28-,32-31-,38-36-,44-42-,47-45+,55-53+. The van der Waals surface area contributed by atoms with Gasteiger partial charge in [0.05, 0.1) is 25.4 Å². The van der Waals surface area contributed by atoms with E-state index < -0.39 is 49.5 Å². The number of ether oxygens (including phenoxy) is 2. The predicted molar refractivity (Wildman–Crippen MR) is 317 cm³/mol. The molecule has 0 aromatic carbocycles. The third-order valence-corrected chi connectivity index (χ3v) is 13.5. The van der Waals surface area contributed by atoms with Gasteiger partial charge in [0.2, 0.25) is 5.91 Å². The number of allylic oxidation sites excluding steroid dienone is 19. The maximum absolute atomic E-state index is 13.1. The van der Waals surface area contributed by atoms with E-state index in [0.29, 0.717) is 12.8 Å². The number of aliphatic hydroxyl groups excluding tert-OH is 5. The third-order valence-electron chi connectivity index (χ3n) is 13.5. The summed E-state index contributed by atoms with van der Waals surface area (Å²) in [5.74, 6) is -0.215. The summed E-state index contributed by atoms with van der Waals surface area (Å²) in [6.07, 6.45) is 74.1. The van der Waals surface area contributed by atoms with Gasteiger partial charge in [-0.3, -0.25) is 4.79 Å². The fourth-order valence-electron chi connectivity index (χ4n) is 8.78. The van der Waals surface area contributed by atoms with Crippen LogP contribution in [0.1, 0.15) is 232 Å². The molecular weight excluding hydrogens is 935 g/mol. The summed E-state index contributed by atoms with van der Waals surface area (Å²) in [7, 11) is 0. The Morgan fingerprint density at radius 1 is 0.467 bits per heavy atom. The van der Waals surface area contributed by atoms with E-state index in [9.17, 15) is 30.3 Å². The molecule has 1 heterocycles. The zero-order valence-electron chi connectivity index (χ0n) is 47.5. The van der Waals surface area contributed by atoms with Crippen molar-refractivity contribution in [3.8, 4) is 0 Å². The van der Waals surface area contributed by atoms with Crippen LogP contribution in [0.4, 0.5) is 0 Å². The Bertz CT molecular complexity index is 1590. The highest BCUT2D eigenvalue weighted by atomic mass is 16.7. The Hall–Kier alpha value is -3.41. The molecule has 1 saturated heterocycles. The van der Waals surface area contributed by atoms with Gasteiger partial charge in [-0.15, -0.1) is 0 Å². The second-order valence-corrected chi connectivity index (χ2v) is 20.4. The van der Waals surface area contributed by atoms with Gasteiger partial charge >= 0.3 is 0 Å². The summed E-state index contributed by atoms with van der Waals surface area (Å²) < 4.78 is 11.3. The second-order valence-electron chi connectivity index (χ2n) is 20.4. The summed E-state index contributed by atoms with van der Waals surface area (Å²) in [5.41, 5.74) is 0. The Balaban J connectivity index is 2.28. The molecule has 75 heavy (non-hydrogen) atoms. The molecule has 6 N–H and O–H groups in total. The maximum Gasteiger partial charge on any atom is 0.220 e. The Labute approximate surface area is 458 Å². The van der Waals surface area contributed by atoms with Crippen LogP contribution in [-0.2, 0) is 14.3 Å². The van der Waals surface area contributed by atoms with Crippen LogP contribution in [-0.4, -0.2) is 87.5 Å². The average Bonchev–Trinajstić information content (AvgIpc) is 3.41. The maximum atomic E-state index is 13.1. The van der Waals surface area contributed by atoms with E-state index in [1.54, 1.807) is 6.08 Å². The Morgan fingerprint density at radius 3 is 1.28 bits per heavy atom. The minimum atomic E-state index is -1.59. The van der Waals surface area contributed by atoms with Crippen LogP contribution in [0.25, 0.3) is 0 Å². The summed E-state index contributed by atoms with van der Waals surface area (Å²) in [6, 6.07) is -0.846. The first-order valence-electron chi connectivity index (χ1n) is 30.3. The van der Waals surface area contributed by atoms with Crippen LogP contribution in [0.3, 0.4) is 0 Å². The first-order chi connectivity index (χ1) is 36.8. The third kappa shape index (κ3) is 43.3. The lowest BCUT2D eigenvalue weighted by atomic mass is 9.99. The lowest BCUT2D eigenvalue weighted by Gasteiger charge is -2.40. The topological polar surface area (TPSA) is 149 Å². The monoisotopic (exact) mass is 1050 g/mol. The van der Waals surface area contributed by atoms with Gasteiger partial charge in [-0.2, -0.15) is 0 Å². The molecule has 1 aliphatic heterocycles. The van der Waals surface area contributed by atoms with Crippen molar-refractivity contribution >= 4 is 5.91 Å². The minimum Gasteiger partial charge on any atom is -0.394 e. The quantitative estimate of drug-likeness (QED) is 0.0261. The molecule has 1 amide bonds. The Morgan fingerprint density at radius 2 is 0.840 bits per heavy atom. The summed E-state index contributed by atoms with van der Waals surface area (Å²) in [6.45, 7) is 3.64. The Kier molecular flexibility index (Phi) is 50.1. The lowest BCUT2D eigenvalue weighted by Crippen LogP contribution is -2.60. The van der Waals surface area contributed by atoms with E-state index in [2.05, 4.69) is 129 Å². The summed E-state index contributed by atoms with van der Waals surface area (Å²) >= 11 is 0. The second kappa shape index (κ2) is 54.0. The number of carbonyl (C=O) groups is 1. The molecule has 7 unspecified atom stereocenters. The van der Waals surface area contributed by atoms with E-state index in [-0.39, 0.29) is 12.5 Å². The van der Waals surface area contributed by atoms with Crippen molar-refractivity contribution in [2.24, 2.45) is 0 Å². The van der Waals surface area contributed by atoms with Crippen molar-refractivity contribution in [2.75, 3.05) is 13.2 Å². The number of hydrogen-bond acceptors (Lipinski definition) is 8. The first kappa shape index (κ1) is 69.6. The largest absolute Gasteiger partial charge is 0.394 e. The van der Waals surface area contributed by atoms with Gasteiger partial charge in [-0.25, -0.2) is 0 Å². The van der Waals surface area contributed by atoms with Crippen LogP contribution < -0.4 is 5.32 Å². The van der Waals surface area contributed by atoms with Gasteiger partial charge < -0.3 is 40.3 Å². The molecule has 9 heteroatoms. The number of nitrogens with one attached hydrogen (secondary N) is 1. The highest BCUT2D eigenvalue weighted by Crippen LogP contribution is 2.23. The molecule has 1 aliphatic rings. The molecule has 0 bridgehead atoms. The van der Waals surface area contributed by atoms with E-state index in [0.717, 1.165) is 96.3 Å². The molecule has 0 spiro atoms. The van der Waals surface area contributed by atoms with E-state index >= 15 is 0 Å². The van der Waals surface area contributed by atoms with E-state index in [1.165, 1.54) is 109 Å². The molecule has 0 aromatic heterocycles. The van der Waals surface area contributed by atoms with Crippen molar-refractivity contribution in [3.63, 3.8) is 0 Å². The molecule has 9 nitrogen and oxygen atoms in total. The van der Waals surface area contributed by atoms with Crippen molar-refractivity contribution in [2.45, 2.75) is 275 Å². The molecule has 0 aliphatic carbocycles. The van der Waals surface area contributed by atoms with E-state index in [4.69, 9.17) is 9.47 Å². The van der Waals surface area contributed by atoms with Crippen LogP contribution in [0.15, 0.2) is 122 Å². The van der Waals surface area contributed by atoms with E-state index in [1.807, 2.05) is 6.08 Å². The molecule has 7 atom stereocenters. The first-order valence-corrected chi connectivity index (χ1v) is 30.3. The van der Waals surface area contributed by atoms with Gasteiger partial charge in [0, 0.05) is 6.42 Å².